The third kappa shape index (κ3) is 2.52. The summed E-state index contributed by atoms with van der Waals surface area (Å²) in [5.41, 5.74) is 0.565. The van der Waals surface area contributed by atoms with Gasteiger partial charge in [0.2, 0.25) is 0 Å². The average Bonchev–Trinajstić information content (AvgIpc) is 2.81. The van der Waals surface area contributed by atoms with Crippen LogP contribution in [0.25, 0.3) is 0 Å². The van der Waals surface area contributed by atoms with Crippen LogP contribution in [0.2, 0.25) is 0 Å². The molecule has 1 amide bonds. The molecule has 1 aromatic rings. The minimum atomic E-state index is -0.188. The van der Waals surface area contributed by atoms with Crippen LogP contribution in [0.5, 0.6) is 0 Å². The van der Waals surface area contributed by atoms with Gasteiger partial charge in [-0.2, -0.15) is 0 Å². The molecule has 0 aromatic heterocycles. The van der Waals surface area contributed by atoms with Crippen molar-refractivity contribution >= 4 is 26.5 Å². The molecule has 5 heteroatoms. The Hall–Kier alpha value is -1.36. The Morgan fingerprint density at radius 3 is 2.53 bits per heavy atom. The first kappa shape index (κ1) is 12.7. The van der Waals surface area contributed by atoms with Gasteiger partial charge in [0.15, 0.2) is 0 Å². The number of halogens is 1. The molecule has 0 unspecified atom stereocenters. The van der Waals surface area contributed by atoms with Crippen molar-refractivity contribution in [2.45, 2.75) is 24.9 Å². The van der Waals surface area contributed by atoms with Gasteiger partial charge < -0.3 is 9.74 Å². The third-order valence-corrected chi connectivity index (χ3v) is 4.21. The van der Waals surface area contributed by atoms with Crippen LogP contribution in [0.3, 0.4) is 0 Å². The maximum Gasteiger partial charge on any atom is 0.253 e. The van der Waals surface area contributed by atoms with E-state index in [1.54, 1.807) is 0 Å². The van der Waals surface area contributed by atoms with Gasteiger partial charge in [0.25, 0.3) is 5.91 Å². The molecule has 0 saturated carbocycles. The zero-order valence-corrected chi connectivity index (χ0v) is 12.1. The van der Waals surface area contributed by atoms with Crippen molar-refractivity contribution in [3.05, 3.63) is 35.9 Å². The Kier molecular flexibility index (Phi) is 3.31. The van der Waals surface area contributed by atoms with Crippen molar-refractivity contribution < 1.29 is 9.63 Å². The summed E-state index contributed by atoms with van der Waals surface area (Å²) in [5.74, 6) is 0.105. The number of amides is 1. The number of benzene rings is 1. The molecule has 0 radical (unpaired) electrons. The van der Waals surface area contributed by atoms with Crippen LogP contribution in [-0.2, 0) is 4.84 Å². The van der Waals surface area contributed by atoms with Gasteiger partial charge in [0.05, 0.1) is 0 Å². The maximum absolute atomic E-state index is 12.3. The van der Waals surface area contributed by atoms with Crippen molar-refractivity contribution in [1.82, 2.24) is 4.90 Å². The van der Waals surface area contributed by atoms with Gasteiger partial charge in [-0.1, -0.05) is 23.4 Å². The van der Waals surface area contributed by atoms with Crippen LogP contribution >= 0.6 is 15.9 Å². The standard InChI is InChI=1S/C14H15BrN2O2/c15-12-10-14(19-16-12)6-8-17(9-7-14)13(18)11-4-2-1-3-5-11/h1-5H,6-10H2. The zero-order valence-electron chi connectivity index (χ0n) is 10.5. The molecular weight excluding hydrogens is 308 g/mol. The summed E-state index contributed by atoms with van der Waals surface area (Å²) in [6, 6.07) is 9.42. The summed E-state index contributed by atoms with van der Waals surface area (Å²) in [6.45, 7) is 1.45. The molecule has 1 saturated heterocycles. The van der Waals surface area contributed by atoms with Crippen LogP contribution in [0.4, 0.5) is 0 Å². The van der Waals surface area contributed by atoms with E-state index in [4.69, 9.17) is 4.84 Å². The molecule has 0 N–H and O–H groups in total. The second kappa shape index (κ2) is 4.96. The van der Waals surface area contributed by atoms with Gasteiger partial charge in [-0.15, -0.1) is 0 Å². The highest BCUT2D eigenvalue weighted by Gasteiger charge is 2.42. The van der Waals surface area contributed by atoms with E-state index in [2.05, 4.69) is 21.1 Å². The Morgan fingerprint density at radius 1 is 1.26 bits per heavy atom. The lowest BCUT2D eigenvalue weighted by atomic mass is 9.89. The van der Waals surface area contributed by atoms with Crippen molar-refractivity contribution in [3.8, 4) is 0 Å². The highest BCUT2D eigenvalue weighted by atomic mass is 79.9. The number of nitrogens with zero attached hydrogens (tertiary/aromatic N) is 2. The van der Waals surface area contributed by atoms with Crippen molar-refractivity contribution in [2.75, 3.05) is 13.1 Å². The molecule has 0 bridgehead atoms. The van der Waals surface area contributed by atoms with Gasteiger partial charge in [0.1, 0.15) is 10.2 Å². The summed E-state index contributed by atoms with van der Waals surface area (Å²) in [7, 11) is 0. The Labute approximate surface area is 120 Å². The lowest BCUT2D eigenvalue weighted by Gasteiger charge is -2.37. The summed E-state index contributed by atoms with van der Waals surface area (Å²) >= 11 is 3.37. The predicted octanol–water partition coefficient (Wildman–Crippen LogP) is 2.79. The van der Waals surface area contributed by atoms with E-state index >= 15 is 0 Å². The number of piperidine rings is 1. The molecule has 3 rings (SSSR count). The van der Waals surface area contributed by atoms with Crippen LogP contribution in [0.1, 0.15) is 29.6 Å². The molecule has 100 valence electrons. The lowest BCUT2D eigenvalue weighted by molar-refractivity contribution is -0.0568. The van der Waals surface area contributed by atoms with E-state index in [1.165, 1.54) is 0 Å². The molecular formula is C14H15BrN2O2. The topological polar surface area (TPSA) is 41.9 Å². The molecule has 0 aliphatic carbocycles. The summed E-state index contributed by atoms with van der Waals surface area (Å²) in [6.07, 6.45) is 2.49. The first-order valence-corrected chi connectivity index (χ1v) is 7.23. The molecule has 2 aliphatic heterocycles. The number of hydrogen-bond donors (Lipinski definition) is 0. The fourth-order valence-electron chi connectivity index (χ4n) is 2.63. The molecule has 2 heterocycles. The first-order chi connectivity index (χ1) is 9.19. The van der Waals surface area contributed by atoms with Gasteiger partial charge in [-0.05, 0) is 28.1 Å². The summed E-state index contributed by atoms with van der Waals surface area (Å²) in [5, 5.41) is 3.97. The predicted molar refractivity (Wildman–Crippen MR) is 76.4 cm³/mol. The average molecular weight is 323 g/mol. The van der Waals surface area contributed by atoms with E-state index in [0.29, 0.717) is 0 Å². The Balaban J connectivity index is 1.63. The second-order valence-electron chi connectivity index (χ2n) is 5.08. The quantitative estimate of drug-likeness (QED) is 0.797. The maximum atomic E-state index is 12.3. The molecule has 2 aliphatic rings. The highest BCUT2D eigenvalue weighted by molar-refractivity contribution is 9.18. The van der Waals surface area contributed by atoms with Gasteiger partial charge in [0, 0.05) is 37.9 Å². The number of carbonyl (C=O) groups is 1. The molecule has 1 aromatic carbocycles. The van der Waals surface area contributed by atoms with E-state index in [0.717, 1.165) is 42.5 Å². The second-order valence-corrected chi connectivity index (χ2v) is 5.99. The van der Waals surface area contributed by atoms with Gasteiger partial charge >= 0.3 is 0 Å². The van der Waals surface area contributed by atoms with E-state index in [9.17, 15) is 4.79 Å². The smallest absolute Gasteiger partial charge is 0.253 e. The highest BCUT2D eigenvalue weighted by Crippen LogP contribution is 2.36. The van der Waals surface area contributed by atoms with Crippen LogP contribution < -0.4 is 0 Å². The Morgan fingerprint density at radius 2 is 1.95 bits per heavy atom. The molecule has 0 atom stereocenters. The van der Waals surface area contributed by atoms with Crippen LogP contribution in [0.15, 0.2) is 35.5 Å². The summed E-state index contributed by atoms with van der Waals surface area (Å²) in [4.78, 5) is 19.7. The van der Waals surface area contributed by atoms with Crippen molar-refractivity contribution in [1.29, 1.82) is 0 Å². The molecule has 4 nitrogen and oxygen atoms in total. The minimum absolute atomic E-state index is 0.105. The molecule has 1 spiro atoms. The third-order valence-electron chi connectivity index (χ3n) is 3.79. The lowest BCUT2D eigenvalue weighted by Crippen LogP contribution is -2.46. The number of hydrogen-bond acceptors (Lipinski definition) is 3. The fourth-order valence-corrected chi connectivity index (χ4v) is 3.21. The molecule has 1 fully saturated rings. The minimum Gasteiger partial charge on any atom is -0.388 e. The number of rotatable bonds is 1. The first-order valence-electron chi connectivity index (χ1n) is 6.43. The van der Waals surface area contributed by atoms with Crippen LogP contribution in [0, 0.1) is 0 Å². The Bertz CT molecular complexity index is 507. The number of likely N-dealkylation sites (tertiary alicyclic amines) is 1. The van der Waals surface area contributed by atoms with Gasteiger partial charge in [-0.25, -0.2) is 0 Å². The normalized spacial score (nSPS) is 21.1. The SMILES string of the molecule is O=C(c1ccccc1)N1CCC2(CC1)CC(Br)=NO2. The van der Waals surface area contributed by atoms with Gasteiger partial charge in [-0.3, -0.25) is 4.79 Å². The van der Waals surface area contributed by atoms with E-state index in [-0.39, 0.29) is 11.5 Å². The largest absolute Gasteiger partial charge is 0.388 e. The monoisotopic (exact) mass is 322 g/mol. The van der Waals surface area contributed by atoms with Crippen LogP contribution in [-0.4, -0.2) is 34.1 Å². The molecule has 19 heavy (non-hydrogen) atoms. The summed E-state index contributed by atoms with van der Waals surface area (Å²) < 4.78 is 0.871. The number of oxime groups is 1. The number of carbonyl (C=O) groups excluding carboxylic acids is 1. The van der Waals surface area contributed by atoms with Crippen molar-refractivity contribution in [3.63, 3.8) is 0 Å². The van der Waals surface area contributed by atoms with E-state index < -0.39 is 0 Å². The van der Waals surface area contributed by atoms with Crippen molar-refractivity contribution in [2.24, 2.45) is 5.16 Å². The zero-order chi connectivity index (χ0) is 13.3. The van der Waals surface area contributed by atoms with E-state index in [1.807, 2.05) is 35.2 Å². The fraction of sp³-hybridized carbons (Fsp3) is 0.429.